The van der Waals surface area contributed by atoms with Gasteiger partial charge in [-0.15, -0.1) is 0 Å². The molecule has 3 N–H and O–H groups in total. The molecule has 1 aliphatic rings. The molecule has 0 saturated heterocycles. The number of rotatable bonds is 4. The summed E-state index contributed by atoms with van der Waals surface area (Å²) >= 11 is 0. The molecule has 3 heterocycles. The Morgan fingerprint density at radius 1 is 1.10 bits per heavy atom. The molecular formula is C21H17F2N5O2. The van der Waals surface area contributed by atoms with Crippen molar-refractivity contribution in [3.05, 3.63) is 77.6 Å². The first-order chi connectivity index (χ1) is 14.4. The van der Waals surface area contributed by atoms with Crippen molar-refractivity contribution in [1.82, 2.24) is 14.9 Å². The van der Waals surface area contributed by atoms with E-state index in [-0.39, 0.29) is 28.5 Å². The lowest BCUT2D eigenvalue weighted by molar-refractivity contribution is -0.129. The van der Waals surface area contributed by atoms with Crippen molar-refractivity contribution in [3.63, 3.8) is 0 Å². The number of phenolic OH excluding ortho intramolecular Hbond substituents is 1. The maximum absolute atomic E-state index is 14.3. The SMILES string of the molecule is CN1C(=O)C(c2ccnc(CF)c2)(c2ccc(O)c(-c3cccnc3F)c2)N=C1N. The number of aromatic hydroxyl groups is 1. The number of phenols is 1. The number of carbonyl (C=O) groups is 1. The number of benzene rings is 1. The zero-order valence-corrected chi connectivity index (χ0v) is 15.9. The predicted octanol–water partition coefficient (Wildman–Crippen LogP) is 2.49. The minimum absolute atomic E-state index is 0.0270. The van der Waals surface area contributed by atoms with Crippen LogP contribution in [0.15, 0.2) is 59.9 Å². The quantitative estimate of drug-likeness (QED) is 0.644. The molecule has 1 unspecified atom stereocenters. The molecule has 0 saturated carbocycles. The number of nitrogens with zero attached hydrogens (tertiary/aromatic N) is 4. The van der Waals surface area contributed by atoms with Crippen molar-refractivity contribution in [2.24, 2.45) is 10.7 Å². The van der Waals surface area contributed by atoms with Crippen molar-refractivity contribution in [2.75, 3.05) is 7.05 Å². The van der Waals surface area contributed by atoms with E-state index in [1.54, 1.807) is 6.07 Å². The van der Waals surface area contributed by atoms with E-state index >= 15 is 0 Å². The van der Waals surface area contributed by atoms with Gasteiger partial charge in [0.25, 0.3) is 5.91 Å². The van der Waals surface area contributed by atoms with E-state index in [0.29, 0.717) is 11.1 Å². The maximum Gasteiger partial charge on any atom is 0.266 e. The van der Waals surface area contributed by atoms with Crippen LogP contribution in [0.25, 0.3) is 11.1 Å². The van der Waals surface area contributed by atoms with Gasteiger partial charge >= 0.3 is 0 Å². The summed E-state index contributed by atoms with van der Waals surface area (Å²) in [6.45, 7) is -0.825. The molecule has 0 fully saturated rings. The third-order valence-electron chi connectivity index (χ3n) is 5.07. The van der Waals surface area contributed by atoms with E-state index in [2.05, 4.69) is 15.0 Å². The molecular weight excluding hydrogens is 392 g/mol. The monoisotopic (exact) mass is 409 g/mol. The lowest BCUT2D eigenvalue weighted by Crippen LogP contribution is -2.41. The first-order valence-electron chi connectivity index (χ1n) is 8.97. The van der Waals surface area contributed by atoms with Gasteiger partial charge in [0, 0.05) is 30.6 Å². The Balaban J connectivity index is 1.99. The molecule has 7 nitrogen and oxygen atoms in total. The molecule has 30 heavy (non-hydrogen) atoms. The largest absolute Gasteiger partial charge is 0.507 e. The number of hydrogen-bond acceptors (Lipinski definition) is 6. The number of hydrogen-bond donors (Lipinski definition) is 2. The fourth-order valence-corrected chi connectivity index (χ4v) is 3.52. The summed E-state index contributed by atoms with van der Waals surface area (Å²) in [5.41, 5.74) is 5.30. The van der Waals surface area contributed by atoms with Crippen LogP contribution in [0.3, 0.4) is 0 Å². The third kappa shape index (κ3) is 2.86. The van der Waals surface area contributed by atoms with Crippen LogP contribution in [0.4, 0.5) is 8.78 Å². The van der Waals surface area contributed by atoms with Crippen molar-refractivity contribution in [1.29, 1.82) is 0 Å². The van der Waals surface area contributed by atoms with Gasteiger partial charge < -0.3 is 10.8 Å². The number of pyridine rings is 2. The van der Waals surface area contributed by atoms with Crippen molar-refractivity contribution in [2.45, 2.75) is 12.2 Å². The van der Waals surface area contributed by atoms with Crippen molar-refractivity contribution >= 4 is 11.9 Å². The third-order valence-corrected chi connectivity index (χ3v) is 5.07. The van der Waals surface area contributed by atoms with Gasteiger partial charge in [-0.05, 0) is 47.5 Å². The Morgan fingerprint density at radius 2 is 1.87 bits per heavy atom. The van der Waals surface area contributed by atoms with E-state index < -0.39 is 24.1 Å². The number of nitrogens with two attached hydrogens (primary N) is 1. The smallest absolute Gasteiger partial charge is 0.266 e. The number of likely N-dealkylation sites (N-methyl/N-ethyl adjacent to an activating group) is 1. The number of aliphatic imine (C=N–C) groups is 1. The summed E-state index contributed by atoms with van der Waals surface area (Å²) in [7, 11) is 1.47. The topological polar surface area (TPSA) is 105 Å². The highest BCUT2D eigenvalue weighted by atomic mass is 19.1. The Morgan fingerprint density at radius 3 is 2.53 bits per heavy atom. The minimum Gasteiger partial charge on any atom is -0.507 e. The summed E-state index contributed by atoms with van der Waals surface area (Å²) in [5.74, 6) is -1.48. The molecule has 0 spiro atoms. The van der Waals surface area contributed by atoms with Crippen LogP contribution in [0.5, 0.6) is 5.75 Å². The average Bonchev–Trinajstić information content (AvgIpc) is 2.99. The fourth-order valence-electron chi connectivity index (χ4n) is 3.52. The number of carbonyl (C=O) groups excluding carboxylic acids is 1. The van der Waals surface area contributed by atoms with Gasteiger partial charge in [0.05, 0.1) is 5.69 Å². The molecule has 152 valence electrons. The highest BCUT2D eigenvalue weighted by Gasteiger charge is 2.50. The number of guanidine groups is 1. The van der Waals surface area contributed by atoms with Gasteiger partial charge in [-0.1, -0.05) is 6.07 Å². The summed E-state index contributed by atoms with van der Waals surface area (Å²) in [5, 5.41) is 10.4. The van der Waals surface area contributed by atoms with Gasteiger partial charge in [0.2, 0.25) is 5.95 Å². The highest BCUT2D eigenvalue weighted by Crippen LogP contribution is 2.42. The Bertz CT molecular complexity index is 1180. The fraction of sp³-hybridized carbons (Fsp3) is 0.143. The second kappa shape index (κ2) is 7.18. The highest BCUT2D eigenvalue weighted by molar-refractivity contribution is 6.09. The number of aromatic nitrogens is 2. The summed E-state index contributed by atoms with van der Waals surface area (Å²) in [4.78, 5) is 26.4. The van der Waals surface area contributed by atoms with Gasteiger partial charge in [-0.3, -0.25) is 14.7 Å². The van der Waals surface area contributed by atoms with Gasteiger partial charge in [-0.25, -0.2) is 14.4 Å². The molecule has 9 heteroatoms. The molecule has 1 atom stereocenters. The van der Waals surface area contributed by atoms with E-state index in [0.717, 1.165) is 0 Å². The first kappa shape index (κ1) is 19.4. The van der Waals surface area contributed by atoms with Crippen molar-refractivity contribution < 1.29 is 18.7 Å². The van der Waals surface area contributed by atoms with Gasteiger partial charge in [0.15, 0.2) is 11.5 Å². The Hall–Kier alpha value is -3.88. The molecule has 3 aromatic rings. The molecule has 0 radical (unpaired) electrons. The molecule has 0 aliphatic carbocycles. The molecule has 1 aliphatic heterocycles. The normalized spacial score (nSPS) is 18.6. The Kier molecular flexibility index (Phi) is 4.65. The maximum atomic E-state index is 14.3. The number of alkyl halides is 1. The van der Waals surface area contributed by atoms with Crippen molar-refractivity contribution in [3.8, 4) is 16.9 Å². The van der Waals surface area contributed by atoms with Crippen LogP contribution < -0.4 is 5.73 Å². The number of halogens is 2. The zero-order valence-electron chi connectivity index (χ0n) is 15.9. The summed E-state index contributed by atoms with van der Waals surface area (Å²) in [6, 6.07) is 10.3. The Labute approximate surface area is 170 Å². The molecule has 0 bridgehead atoms. The second-order valence-corrected chi connectivity index (χ2v) is 6.79. The zero-order chi connectivity index (χ0) is 21.5. The molecule has 2 aromatic heterocycles. The van der Waals surface area contributed by atoms with E-state index in [4.69, 9.17) is 5.73 Å². The molecule has 1 aromatic carbocycles. The van der Waals surface area contributed by atoms with E-state index in [1.807, 2.05) is 0 Å². The summed E-state index contributed by atoms with van der Waals surface area (Å²) < 4.78 is 27.5. The van der Waals surface area contributed by atoms with Crippen LogP contribution in [-0.4, -0.2) is 38.9 Å². The van der Waals surface area contributed by atoms with Gasteiger partial charge in [0.1, 0.15) is 12.4 Å². The van der Waals surface area contributed by atoms with Crippen LogP contribution in [0.1, 0.15) is 16.8 Å². The first-order valence-corrected chi connectivity index (χ1v) is 8.97. The molecule has 1 amide bonds. The van der Waals surface area contributed by atoms with Crippen LogP contribution in [0, 0.1) is 5.95 Å². The predicted molar refractivity (Wildman–Crippen MR) is 106 cm³/mol. The lowest BCUT2D eigenvalue weighted by atomic mass is 9.81. The van der Waals surface area contributed by atoms with Crippen LogP contribution in [-0.2, 0) is 17.0 Å². The minimum atomic E-state index is -1.63. The average molecular weight is 409 g/mol. The van der Waals surface area contributed by atoms with E-state index in [9.17, 15) is 18.7 Å². The second-order valence-electron chi connectivity index (χ2n) is 6.79. The van der Waals surface area contributed by atoms with Crippen LogP contribution >= 0.6 is 0 Å². The lowest BCUT2D eigenvalue weighted by Gasteiger charge is -2.27. The molecule has 4 rings (SSSR count). The number of amides is 1. The standard InChI is InChI=1S/C21H17F2N5O2/c1-28-19(30)21(27-20(28)24,13-6-8-25-14(9-13)11-22)12-4-5-17(29)16(10-12)15-3-2-7-26-18(15)23/h2-10,29H,11H2,1H3,(H2,24,27). The van der Waals surface area contributed by atoms with Gasteiger partial charge in [-0.2, -0.15) is 4.39 Å². The van der Waals surface area contributed by atoms with E-state index in [1.165, 1.54) is 60.7 Å². The van der Waals surface area contributed by atoms with Crippen LogP contribution in [0.2, 0.25) is 0 Å². The summed E-state index contributed by atoms with van der Waals surface area (Å²) in [6.07, 6.45) is 2.67.